The standard InChI is InChI=1S/C25H33ClNO2Si/c1-8-9-10-20(17-19-11-14-22(28-5)15-12-19)24(21-13-16-23(26)27-18-21)29-30(6,7)25(2,3)4/h1,11-16,18,24H,9-10,17H2,2-7H3/t24-/m1/s1. The Morgan fingerprint density at radius 2 is 1.83 bits per heavy atom. The first-order valence-electron chi connectivity index (χ1n) is 10.3. The van der Waals surface area contributed by atoms with E-state index in [0.29, 0.717) is 11.6 Å². The summed E-state index contributed by atoms with van der Waals surface area (Å²) in [4.78, 5) is 4.32. The molecule has 0 saturated carbocycles. The van der Waals surface area contributed by atoms with Crippen molar-refractivity contribution in [3.8, 4) is 18.1 Å². The Balaban J connectivity index is 2.42. The van der Waals surface area contributed by atoms with Crippen molar-refractivity contribution in [3.05, 3.63) is 64.8 Å². The lowest BCUT2D eigenvalue weighted by Gasteiger charge is -2.41. The predicted molar refractivity (Wildman–Crippen MR) is 128 cm³/mol. The zero-order chi connectivity index (χ0) is 22.4. The van der Waals surface area contributed by atoms with Crippen LogP contribution < -0.4 is 4.74 Å². The van der Waals surface area contributed by atoms with E-state index in [1.807, 2.05) is 30.5 Å². The maximum absolute atomic E-state index is 6.93. The van der Waals surface area contributed by atoms with Crippen molar-refractivity contribution in [3.63, 3.8) is 0 Å². The molecule has 161 valence electrons. The summed E-state index contributed by atoms with van der Waals surface area (Å²) in [5.74, 6) is 4.89. The largest absolute Gasteiger partial charge is 0.497 e. The van der Waals surface area contributed by atoms with E-state index in [9.17, 15) is 0 Å². The normalized spacial score (nSPS) is 13.2. The minimum Gasteiger partial charge on any atom is -0.497 e. The van der Waals surface area contributed by atoms with Crippen LogP contribution >= 0.6 is 11.6 Å². The van der Waals surface area contributed by atoms with Gasteiger partial charge in [-0.25, -0.2) is 4.98 Å². The Labute approximate surface area is 188 Å². The van der Waals surface area contributed by atoms with Crippen LogP contribution in [-0.4, -0.2) is 20.4 Å². The summed E-state index contributed by atoms with van der Waals surface area (Å²) in [6, 6.07) is 12.0. The second-order valence-electron chi connectivity index (χ2n) is 9.06. The molecule has 0 aliphatic carbocycles. The van der Waals surface area contributed by atoms with E-state index in [0.717, 1.165) is 24.2 Å². The van der Waals surface area contributed by atoms with Crippen LogP contribution in [0.25, 0.3) is 0 Å². The zero-order valence-electron chi connectivity index (χ0n) is 19.0. The van der Waals surface area contributed by atoms with E-state index < -0.39 is 8.32 Å². The summed E-state index contributed by atoms with van der Waals surface area (Å²) in [5.41, 5.74) is 2.22. The second-order valence-corrected chi connectivity index (χ2v) is 14.2. The molecule has 30 heavy (non-hydrogen) atoms. The Hall–Kier alpha value is -1.80. The first kappa shape index (κ1) is 24.5. The van der Waals surface area contributed by atoms with Crippen LogP contribution in [0.5, 0.6) is 5.75 Å². The third-order valence-corrected chi connectivity index (χ3v) is 10.5. The van der Waals surface area contributed by atoms with Gasteiger partial charge in [0.2, 0.25) is 0 Å². The molecular weight excluding hydrogens is 410 g/mol. The average molecular weight is 443 g/mol. The number of terminal acetylenes is 1. The van der Waals surface area contributed by atoms with Crippen LogP contribution in [0.2, 0.25) is 23.3 Å². The molecule has 0 saturated heterocycles. The quantitative estimate of drug-likeness (QED) is 0.237. The third kappa shape index (κ3) is 6.60. The van der Waals surface area contributed by atoms with Crippen molar-refractivity contribution in [1.29, 1.82) is 0 Å². The second kappa shape index (κ2) is 10.5. The number of pyridine rings is 1. The summed E-state index contributed by atoms with van der Waals surface area (Å²) in [6.07, 6.45) is 9.52. The van der Waals surface area contributed by atoms with Crippen molar-refractivity contribution in [2.75, 3.05) is 7.11 Å². The molecule has 2 rings (SSSR count). The Kier molecular flexibility index (Phi) is 8.55. The van der Waals surface area contributed by atoms with E-state index in [4.69, 9.17) is 27.2 Å². The van der Waals surface area contributed by atoms with Gasteiger partial charge in [-0.2, -0.15) is 0 Å². The fraction of sp³-hybridized carbons (Fsp3) is 0.440. The van der Waals surface area contributed by atoms with Gasteiger partial charge < -0.3 is 9.16 Å². The van der Waals surface area contributed by atoms with E-state index in [1.165, 1.54) is 11.5 Å². The number of benzene rings is 1. The monoisotopic (exact) mass is 442 g/mol. The first-order valence-corrected chi connectivity index (χ1v) is 13.6. The van der Waals surface area contributed by atoms with Gasteiger partial charge in [0, 0.05) is 18.5 Å². The molecule has 3 nitrogen and oxygen atoms in total. The molecule has 0 fully saturated rings. The molecule has 5 heteroatoms. The molecule has 0 spiro atoms. The Morgan fingerprint density at radius 3 is 2.33 bits per heavy atom. The maximum atomic E-state index is 6.93. The van der Waals surface area contributed by atoms with Crippen molar-refractivity contribution >= 4 is 19.9 Å². The van der Waals surface area contributed by atoms with E-state index in [-0.39, 0.29) is 11.1 Å². The molecule has 2 aromatic rings. The lowest BCUT2D eigenvalue weighted by Crippen LogP contribution is -2.43. The maximum Gasteiger partial charge on any atom is 0.192 e. The molecule has 0 amide bonds. The number of hydrogen-bond donors (Lipinski definition) is 0. The molecule has 1 atom stereocenters. The SMILES string of the molecule is C#CCC[C](Cc1ccc(OC)cc1)[C@@H](O[Si](C)(C)C(C)(C)C)c1ccc(Cl)nc1. The number of aromatic nitrogens is 1. The van der Waals surface area contributed by atoms with Gasteiger partial charge in [0.05, 0.1) is 13.2 Å². The molecule has 1 aromatic heterocycles. The molecule has 0 aliphatic rings. The smallest absolute Gasteiger partial charge is 0.192 e. The topological polar surface area (TPSA) is 31.4 Å². The van der Waals surface area contributed by atoms with Gasteiger partial charge in [-0.15, -0.1) is 12.3 Å². The van der Waals surface area contributed by atoms with Crippen LogP contribution in [-0.2, 0) is 10.8 Å². The summed E-state index contributed by atoms with van der Waals surface area (Å²) >= 11 is 6.06. The van der Waals surface area contributed by atoms with Crippen molar-refractivity contribution in [1.82, 2.24) is 4.98 Å². The molecule has 0 aliphatic heterocycles. The summed E-state index contributed by atoms with van der Waals surface area (Å²) in [7, 11) is -0.375. The molecule has 1 aromatic carbocycles. The molecule has 1 radical (unpaired) electrons. The number of methoxy groups -OCH3 is 1. The predicted octanol–water partition coefficient (Wildman–Crippen LogP) is 7.04. The zero-order valence-corrected chi connectivity index (χ0v) is 20.7. The molecular formula is C25H33ClNO2Si. The van der Waals surface area contributed by atoms with Gasteiger partial charge >= 0.3 is 0 Å². The Bertz CT molecular complexity index is 835. The van der Waals surface area contributed by atoms with Crippen LogP contribution in [0, 0.1) is 18.3 Å². The number of nitrogens with zero attached hydrogens (tertiary/aromatic N) is 1. The van der Waals surface area contributed by atoms with Crippen molar-refractivity contribution < 1.29 is 9.16 Å². The van der Waals surface area contributed by atoms with Crippen LogP contribution in [0.3, 0.4) is 0 Å². The lowest BCUT2D eigenvalue weighted by atomic mass is 9.87. The minimum absolute atomic E-state index is 0.0858. The van der Waals surface area contributed by atoms with E-state index in [1.54, 1.807) is 7.11 Å². The van der Waals surface area contributed by atoms with Crippen molar-refractivity contribution in [2.24, 2.45) is 0 Å². The highest BCUT2D eigenvalue weighted by Crippen LogP contribution is 2.44. The minimum atomic E-state index is -2.05. The summed E-state index contributed by atoms with van der Waals surface area (Å²) in [6.45, 7) is 11.3. The molecule has 0 bridgehead atoms. The molecule has 1 heterocycles. The molecule has 0 unspecified atom stereocenters. The highest BCUT2D eigenvalue weighted by atomic mass is 35.5. The van der Waals surface area contributed by atoms with Gasteiger partial charge in [0.25, 0.3) is 0 Å². The van der Waals surface area contributed by atoms with Crippen LogP contribution in [0.15, 0.2) is 42.6 Å². The van der Waals surface area contributed by atoms with Gasteiger partial charge in [-0.05, 0) is 60.3 Å². The summed E-state index contributed by atoms with van der Waals surface area (Å²) in [5, 5.41) is 0.563. The van der Waals surface area contributed by atoms with Gasteiger partial charge in [-0.3, -0.25) is 0 Å². The average Bonchev–Trinajstić information content (AvgIpc) is 2.70. The fourth-order valence-electron chi connectivity index (χ4n) is 2.95. The number of ether oxygens (including phenoxy) is 1. The Morgan fingerprint density at radius 1 is 1.17 bits per heavy atom. The lowest BCUT2D eigenvalue weighted by molar-refractivity contribution is 0.186. The van der Waals surface area contributed by atoms with Crippen molar-refractivity contribution in [2.45, 2.75) is 64.3 Å². The van der Waals surface area contributed by atoms with E-state index in [2.05, 4.69) is 56.9 Å². The first-order chi connectivity index (χ1) is 14.1. The van der Waals surface area contributed by atoms with Gasteiger partial charge in [-0.1, -0.05) is 50.6 Å². The van der Waals surface area contributed by atoms with Crippen LogP contribution in [0.4, 0.5) is 0 Å². The highest BCUT2D eigenvalue weighted by Gasteiger charge is 2.41. The number of rotatable bonds is 9. The van der Waals surface area contributed by atoms with Gasteiger partial charge in [0.1, 0.15) is 10.9 Å². The van der Waals surface area contributed by atoms with E-state index >= 15 is 0 Å². The third-order valence-electron chi connectivity index (χ3n) is 5.82. The van der Waals surface area contributed by atoms with Crippen LogP contribution in [0.1, 0.15) is 50.8 Å². The summed E-state index contributed by atoms with van der Waals surface area (Å²) < 4.78 is 12.2. The number of hydrogen-bond acceptors (Lipinski definition) is 3. The highest BCUT2D eigenvalue weighted by molar-refractivity contribution is 6.74. The fourth-order valence-corrected chi connectivity index (χ4v) is 4.31. The van der Waals surface area contributed by atoms with Gasteiger partial charge in [0.15, 0.2) is 8.32 Å². The molecule has 0 N–H and O–H groups in total. The number of halogens is 1.